The lowest BCUT2D eigenvalue weighted by Crippen LogP contribution is -2.53. The number of benzene rings is 4. The molecule has 1 N–H and O–H groups in total. The molecule has 0 aliphatic carbocycles. The molecular formula is C32H31Cl2N3O4S. The molecule has 0 aromatic heterocycles. The maximum absolute atomic E-state index is 14.3. The lowest BCUT2D eigenvalue weighted by molar-refractivity contribution is -0.139. The summed E-state index contributed by atoms with van der Waals surface area (Å²) in [6, 6.07) is 28.4. The summed E-state index contributed by atoms with van der Waals surface area (Å²) >= 11 is 12.8. The fourth-order valence-corrected chi connectivity index (χ4v) is 6.42. The molecule has 0 saturated carbocycles. The van der Waals surface area contributed by atoms with E-state index >= 15 is 0 Å². The Kier molecular flexibility index (Phi) is 10.3. The quantitative estimate of drug-likeness (QED) is 0.226. The van der Waals surface area contributed by atoms with Gasteiger partial charge in [0.05, 0.1) is 20.6 Å². The number of sulfonamides is 1. The highest BCUT2D eigenvalue weighted by Crippen LogP contribution is 2.35. The summed E-state index contributed by atoms with van der Waals surface area (Å²) in [7, 11) is -2.76. The molecule has 0 radical (unpaired) electrons. The monoisotopic (exact) mass is 623 g/mol. The zero-order chi connectivity index (χ0) is 30.3. The van der Waals surface area contributed by atoms with E-state index in [2.05, 4.69) is 5.32 Å². The number of aryl methyl sites for hydroxylation is 1. The Bertz CT molecular complexity index is 1630. The number of likely N-dealkylation sites (N-methyl/N-ethyl adjacent to an activating group) is 1. The highest BCUT2D eigenvalue weighted by Gasteiger charge is 2.35. The minimum absolute atomic E-state index is 0.0105. The van der Waals surface area contributed by atoms with Crippen molar-refractivity contribution in [2.45, 2.75) is 30.8 Å². The summed E-state index contributed by atoms with van der Waals surface area (Å²) in [6.07, 6.45) is 0.224. The van der Waals surface area contributed by atoms with Crippen LogP contribution in [0.25, 0.3) is 0 Å². The molecule has 0 aliphatic heterocycles. The lowest BCUT2D eigenvalue weighted by atomic mass is 10.0. The Morgan fingerprint density at radius 3 is 2.05 bits per heavy atom. The van der Waals surface area contributed by atoms with Gasteiger partial charge in [0.15, 0.2) is 0 Å². The van der Waals surface area contributed by atoms with Crippen molar-refractivity contribution in [2.75, 3.05) is 17.9 Å². The predicted octanol–water partition coefficient (Wildman–Crippen LogP) is 5.88. The first-order valence-electron chi connectivity index (χ1n) is 13.2. The zero-order valence-electron chi connectivity index (χ0n) is 23.2. The molecule has 0 fully saturated rings. The standard InChI is InChI=1S/C32H31Cl2N3O4S/c1-23-16-18-25(19-17-23)21-36(29(32(39)35-2)20-24-10-5-3-6-11-24)30(38)22-37(28-15-9-14-27(33)31(28)34)42(40,41)26-12-7-4-8-13-26/h3-19,29H,20-22H2,1-2H3,(H,35,39)/t29-/m0/s1. The summed E-state index contributed by atoms with van der Waals surface area (Å²) in [6.45, 7) is 1.41. The molecule has 4 aromatic carbocycles. The van der Waals surface area contributed by atoms with Crippen molar-refractivity contribution < 1.29 is 18.0 Å². The van der Waals surface area contributed by atoms with Gasteiger partial charge in [0.1, 0.15) is 12.6 Å². The molecule has 0 aliphatic rings. The highest BCUT2D eigenvalue weighted by molar-refractivity contribution is 7.92. The summed E-state index contributed by atoms with van der Waals surface area (Å²) in [4.78, 5) is 29.0. The van der Waals surface area contributed by atoms with Crippen LogP contribution in [0, 0.1) is 6.92 Å². The number of hydrogen-bond donors (Lipinski definition) is 1. The minimum Gasteiger partial charge on any atom is -0.357 e. The van der Waals surface area contributed by atoms with Crippen LogP contribution in [0.1, 0.15) is 16.7 Å². The number of hydrogen-bond acceptors (Lipinski definition) is 4. The molecule has 218 valence electrons. The van der Waals surface area contributed by atoms with Crippen LogP contribution >= 0.6 is 23.2 Å². The Balaban J connectivity index is 1.81. The highest BCUT2D eigenvalue weighted by atomic mass is 35.5. The minimum atomic E-state index is -4.27. The van der Waals surface area contributed by atoms with Gasteiger partial charge in [-0.3, -0.25) is 13.9 Å². The van der Waals surface area contributed by atoms with Crippen molar-refractivity contribution in [3.63, 3.8) is 0 Å². The van der Waals surface area contributed by atoms with Gasteiger partial charge in [0, 0.05) is 20.0 Å². The van der Waals surface area contributed by atoms with Crippen LogP contribution < -0.4 is 9.62 Å². The van der Waals surface area contributed by atoms with Crippen molar-refractivity contribution in [1.82, 2.24) is 10.2 Å². The number of nitrogens with one attached hydrogen (secondary N) is 1. The zero-order valence-corrected chi connectivity index (χ0v) is 25.5. The first kappa shape index (κ1) is 31.1. The second kappa shape index (κ2) is 13.9. The van der Waals surface area contributed by atoms with Gasteiger partial charge in [-0.05, 0) is 42.3 Å². The number of nitrogens with zero attached hydrogens (tertiary/aromatic N) is 2. The van der Waals surface area contributed by atoms with Crippen LogP contribution in [0.15, 0.2) is 108 Å². The molecule has 4 rings (SSSR count). The SMILES string of the molecule is CNC(=O)[C@H](Cc1ccccc1)N(Cc1ccc(C)cc1)C(=O)CN(c1cccc(Cl)c1Cl)S(=O)(=O)c1ccccc1. The number of halogens is 2. The van der Waals surface area contributed by atoms with Crippen LogP contribution in [-0.4, -0.2) is 44.8 Å². The van der Waals surface area contributed by atoms with Crippen molar-refractivity contribution >= 4 is 50.7 Å². The van der Waals surface area contributed by atoms with Crippen LogP contribution in [0.3, 0.4) is 0 Å². The first-order chi connectivity index (χ1) is 20.1. The molecule has 10 heteroatoms. The number of anilines is 1. The average Bonchev–Trinajstić information content (AvgIpc) is 3.00. The molecule has 0 bridgehead atoms. The Morgan fingerprint density at radius 2 is 1.43 bits per heavy atom. The van der Waals surface area contributed by atoms with Crippen molar-refractivity contribution in [3.8, 4) is 0 Å². The number of rotatable bonds is 11. The van der Waals surface area contributed by atoms with E-state index in [1.807, 2.05) is 61.5 Å². The molecule has 0 spiro atoms. The second-order valence-corrected chi connectivity index (χ2v) is 12.4. The molecule has 2 amide bonds. The van der Waals surface area contributed by atoms with E-state index in [-0.39, 0.29) is 39.5 Å². The van der Waals surface area contributed by atoms with Gasteiger partial charge < -0.3 is 10.2 Å². The lowest BCUT2D eigenvalue weighted by Gasteiger charge is -2.33. The Hall–Kier alpha value is -3.85. The van der Waals surface area contributed by atoms with Gasteiger partial charge in [-0.1, -0.05) is 108 Å². The molecular weight excluding hydrogens is 593 g/mol. The molecule has 42 heavy (non-hydrogen) atoms. The summed E-state index contributed by atoms with van der Waals surface area (Å²) in [5, 5.41) is 2.80. The smallest absolute Gasteiger partial charge is 0.264 e. The third kappa shape index (κ3) is 7.31. The van der Waals surface area contributed by atoms with E-state index in [1.54, 1.807) is 24.3 Å². The maximum Gasteiger partial charge on any atom is 0.264 e. The van der Waals surface area contributed by atoms with Gasteiger partial charge in [-0.15, -0.1) is 0 Å². The first-order valence-corrected chi connectivity index (χ1v) is 15.4. The van der Waals surface area contributed by atoms with Gasteiger partial charge in [-0.2, -0.15) is 0 Å². The van der Waals surface area contributed by atoms with Crippen LogP contribution in [0.5, 0.6) is 0 Å². The normalized spacial score (nSPS) is 11.9. The molecule has 1 atom stereocenters. The van der Waals surface area contributed by atoms with E-state index in [0.29, 0.717) is 0 Å². The molecule has 0 heterocycles. The van der Waals surface area contributed by atoms with E-state index in [0.717, 1.165) is 21.0 Å². The van der Waals surface area contributed by atoms with Crippen molar-refractivity contribution in [1.29, 1.82) is 0 Å². The summed E-state index contributed by atoms with van der Waals surface area (Å²) in [5.74, 6) is -0.965. The maximum atomic E-state index is 14.3. The predicted molar refractivity (Wildman–Crippen MR) is 167 cm³/mol. The fraction of sp³-hybridized carbons (Fsp3) is 0.188. The average molecular weight is 625 g/mol. The van der Waals surface area contributed by atoms with E-state index < -0.39 is 28.5 Å². The molecule has 7 nitrogen and oxygen atoms in total. The molecule has 0 saturated heterocycles. The van der Waals surface area contributed by atoms with Gasteiger partial charge >= 0.3 is 0 Å². The summed E-state index contributed by atoms with van der Waals surface area (Å²) in [5.41, 5.74) is 2.73. The third-order valence-electron chi connectivity index (χ3n) is 6.80. The van der Waals surface area contributed by atoms with Crippen molar-refractivity contribution in [3.05, 3.63) is 130 Å². The second-order valence-electron chi connectivity index (χ2n) is 9.72. The fourth-order valence-electron chi connectivity index (χ4n) is 4.53. The largest absolute Gasteiger partial charge is 0.357 e. The van der Waals surface area contributed by atoms with E-state index in [1.165, 1.54) is 36.2 Å². The molecule has 4 aromatic rings. The number of amides is 2. The number of carbonyl (C=O) groups is 2. The van der Waals surface area contributed by atoms with Crippen LogP contribution in [0.4, 0.5) is 5.69 Å². The van der Waals surface area contributed by atoms with Crippen molar-refractivity contribution in [2.24, 2.45) is 0 Å². The van der Waals surface area contributed by atoms with Gasteiger partial charge in [0.2, 0.25) is 11.8 Å². The number of carbonyl (C=O) groups excluding carboxylic acids is 2. The third-order valence-corrected chi connectivity index (χ3v) is 9.38. The molecule has 0 unspecified atom stereocenters. The van der Waals surface area contributed by atoms with E-state index in [4.69, 9.17) is 23.2 Å². The van der Waals surface area contributed by atoms with Crippen LogP contribution in [-0.2, 0) is 32.6 Å². The van der Waals surface area contributed by atoms with E-state index in [9.17, 15) is 18.0 Å². The van der Waals surface area contributed by atoms with Gasteiger partial charge in [0.25, 0.3) is 10.0 Å². The Labute approximate surface area is 256 Å². The summed E-state index contributed by atoms with van der Waals surface area (Å²) < 4.78 is 28.9. The topological polar surface area (TPSA) is 86.8 Å². The van der Waals surface area contributed by atoms with Gasteiger partial charge in [-0.25, -0.2) is 8.42 Å². The van der Waals surface area contributed by atoms with Crippen LogP contribution in [0.2, 0.25) is 10.0 Å². The Morgan fingerprint density at radius 1 is 0.810 bits per heavy atom.